The normalized spacial score (nSPS) is 11.6. The second-order valence-electron chi connectivity index (χ2n) is 8.00. The minimum atomic E-state index is -0.496. The average Bonchev–Trinajstić information content (AvgIpc) is 3.18. The van der Waals surface area contributed by atoms with E-state index in [1.807, 2.05) is 42.5 Å². The lowest BCUT2D eigenvalue weighted by Crippen LogP contribution is -2.15. The zero-order valence-electron chi connectivity index (χ0n) is 18.8. The summed E-state index contributed by atoms with van der Waals surface area (Å²) in [5.41, 5.74) is 3.84. The first-order valence-electron chi connectivity index (χ1n) is 10.7. The van der Waals surface area contributed by atoms with Gasteiger partial charge in [0.2, 0.25) is 0 Å². The maximum atomic E-state index is 12.7. The SMILES string of the molecule is COCc1c(C(=O)OC(C)C)ncc2[nH]c3ccc(Oc4nc5ccccc5nc4Cl)cc3c12. The van der Waals surface area contributed by atoms with E-state index in [0.29, 0.717) is 22.3 Å². The summed E-state index contributed by atoms with van der Waals surface area (Å²) in [5.74, 6) is 0.231. The molecule has 34 heavy (non-hydrogen) atoms. The zero-order valence-corrected chi connectivity index (χ0v) is 19.5. The van der Waals surface area contributed by atoms with Gasteiger partial charge in [0, 0.05) is 29.0 Å². The van der Waals surface area contributed by atoms with Crippen molar-refractivity contribution >= 4 is 50.4 Å². The van der Waals surface area contributed by atoms with E-state index in [2.05, 4.69) is 19.9 Å². The molecule has 2 aromatic carbocycles. The molecule has 3 aromatic heterocycles. The number of aromatic amines is 1. The van der Waals surface area contributed by atoms with Gasteiger partial charge in [0.25, 0.3) is 5.88 Å². The van der Waals surface area contributed by atoms with Gasteiger partial charge in [-0.25, -0.2) is 19.7 Å². The Morgan fingerprint density at radius 1 is 1.09 bits per heavy atom. The van der Waals surface area contributed by atoms with Crippen molar-refractivity contribution in [1.29, 1.82) is 0 Å². The van der Waals surface area contributed by atoms with Crippen molar-refractivity contribution in [3.8, 4) is 11.6 Å². The molecule has 5 rings (SSSR count). The molecule has 0 saturated carbocycles. The molecule has 0 fully saturated rings. The van der Waals surface area contributed by atoms with Gasteiger partial charge in [0.05, 0.1) is 35.5 Å². The first-order valence-corrected chi connectivity index (χ1v) is 11.1. The number of aromatic nitrogens is 4. The molecule has 172 valence electrons. The van der Waals surface area contributed by atoms with Gasteiger partial charge in [0.15, 0.2) is 10.8 Å². The molecule has 0 radical (unpaired) electrons. The molecule has 0 unspecified atom stereocenters. The highest BCUT2D eigenvalue weighted by molar-refractivity contribution is 6.31. The van der Waals surface area contributed by atoms with Crippen molar-refractivity contribution in [2.75, 3.05) is 7.11 Å². The third-order valence-corrected chi connectivity index (χ3v) is 5.49. The van der Waals surface area contributed by atoms with Crippen LogP contribution in [0.3, 0.4) is 0 Å². The van der Waals surface area contributed by atoms with Crippen LogP contribution in [0.4, 0.5) is 0 Å². The summed E-state index contributed by atoms with van der Waals surface area (Å²) in [6.07, 6.45) is 1.36. The first-order chi connectivity index (χ1) is 16.4. The van der Waals surface area contributed by atoms with Crippen molar-refractivity contribution in [3.05, 3.63) is 65.1 Å². The second kappa shape index (κ2) is 8.89. The molecule has 0 atom stereocenters. The van der Waals surface area contributed by atoms with E-state index >= 15 is 0 Å². The van der Waals surface area contributed by atoms with Crippen LogP contribution in [-0.4, -0.2) is 39.1 Å². The quantitative estimate of drug-likeness (QED) is 0.308. The lowest BCUT2D eigenvalue weighted by molar-refractivity contribution is 0.0366. The van der Waals surface area contributed by atoms with E-state index < -0.39 is 5.97 Å². The number of rotatable bonds is 6. The van der Waals surface area contributed by atoms with Crippen LogP contribution in [0.15, 0.2) is 48.7 Å². The van der Waals surface area contributed by atoms with Gasteiger partial charge < -0.3 is 19.2 Å². The van der Waals surface area contributed by atoms with E-state index in [1.54, 1.807) is 27.2 Å². The highest BCUT2D eigenvalue weighted by Gasteiger charge is 2.21. The molecule has 3 heterocycles. The van der Waals surface area contributed by atoms with Gasteiger partial charge in [-0.05, 0) is 44.2 Å². The number of carbonyl (C=O) groups is 1. The topological polar surface area (TPSA) is 99.2 Å². The van der Waals surface area contributed by atoms with Crippen LogP contribution >= 0.6 is 11.6 Å². The van der Waals surface area contributed by atoms with E-state index in [9.17, 15) is 4.79 Å². The minimum Gasteiger partial charge on any atom is -0.458 e. The lowest BCUT2D eigenvalue weighted by Gasteiger charge is -2.12. The molecular weight excluding hydrogens is 456 g/mol. The monoisotopic (exact) mass is 476 g/mol. The third kappa shape index (κ3) is 4.02. The fourth-order valence-corrected chi connectivity index (χ4v) is 4.04. The molecule has 0 amide bonds. The lowest BCUT2D eigenvalue weighted by atomic mass is 10.1. The van der Waals surface area contributed by atoms with Gasteiger partial charge >= 0.3 is 5.97 Å². The number of benzene rings is 2. The van der Waals surface area contributed by atoms with Crippen LogP contribution in [0.5, 0.6) is 11.6 Å². The van der Waals surface area contributed by atoms with Crippen LogP contribution < -0.4 is 4.74 Å². The van der Waals surface area contributed by atoms with Crippen LogP contribution in [-0.2, 0) is 16.1 Å². The Morgan fingerprint density at radius 2 is 1.85 bits per heavy atom. The standard InChI is InChI=1S/C25H21ClN4O4/c1-13(2)33-25(31)22-16(12-32-3)21-15-10-14(8-9-17(15)28-20(21)11-27-22)34-24-23(26)29-18-6-4-5-7-19(18)30-24/h4-11,13,28H,12H2,1-3H3. The number of ether oxygens (including phenoxy) is 3. The Morgan fingerprint density at radius 3 is 2.59 bits per heavy atom. The molecule has 1 N–H and O–H groups in total. The number of para-hydroxylation sites is 2. The molecule has 0 saturated heterocycles. The number of methoxy groups -OCH3 is 1. The van der Waals surface area contributed by atoms with Crippen LogP contribution in [0, 0.1) is 0 Å². The molecule has 9 heteroatoms. The van der Waals surface area contributed by atoms with Crippen molar-refractivity contribution in [2.24, 2.45) is 0 Å². The van der Waals surface area contributed by atoms with Crippen molar-refractivity contribution < 1.29 is 19.0 Å². The number of H-pyrrole nitrogens is 1. The molecule has 0 aliphatic heterocycles. The van der Waals surface area contributed by atoms with Crippen LogP contribution in [0.1, 0.15) is 29.9 Å². The maximum Gasteiger partial charge on any atom is 0.357 e. The summed E-state index contributed by atoms with van der Waals surface area (Å²) in [6, 6.07) is 13.0. The molecule has 0 bridgehead atoms. The van der Waals surface area contributed by atoms with Crippen molar-refractivity contribution in [1.82, 2.24) is 19.9 Å². The molecular formula is C25H21ClN4O4. The van der Waals surface area contributed by atoms with Crippen LogP contribution in [0.25, 0.3) is 32.8 Å². The van der Waals surface area contributed by atoms with Gasteiger partial charge in [-0.3, -0.25) is 0 Å². The zero-order chi connectivity index (χ0) is 23.8. The van der Waals surface area contributed by atoms with E-state index in [4.69, 9.17) is 25.8 Å². The number of halogens is 1. The Kier molecular flexibility index (Phi) is 5.77. The number of hydrogen-bond acceptors (Lipinski definition) is 7. The Labute approximate surface area is 199 Å². The third-order valence-electron chi connectivity index (χ3n) is 5.25. The summed E-state index contributed by atoms with van der Waals surface area (Å²) >= 11 is 6.33. The Bertz CT molecular complexity index is 1550. The predicted molar refractivity (Wildman–Crippen MR) is 129 cm³/mol. The van der Waals surface area contributed by atoms with E-state index in [-0.39, 0.29) is 29.4 Å². The van der Waals surface area contributed by atoms with Gasteiger partial charge in [0.1, 0.15) is 5.75 Å². The van der Waals surface area contributed by atoms with Gasteiger partial charge in [-0.1, -0.05) is 23.7 Å². The Hall–Kier alpha value is -3.75. The van der Waals surface area contributed by atoms with E-state index in [0.717, 1.165) is 21.8 Å². The van der Waals surface area contributed by atoms with Crippen molar-refractivity contribution in [3.63, 3.8) is 0 Å². The number of pyridine rings is 1. The summed E-state index contributed by atoms with van der Waals surface area (Å²) in [4.78, 5) is 29.2. The maximum absolute atomic E-state index is 12.7. The average molecular weight is 477 g/mol. The molecule has 0 spiro atoms. The number of nitrogens with zero attached hydrogens (tertiary/aromatic N) is 3. The summed E-state index contributed by atoms with van der Waals surface area (Å²) in [7, 11) is 1.57. The number of hydrogen-bond donors (Lipinski definition) is 1. The fraction of sp³-hybridized carbons (Fsp3) is 0.200. The number of fused-ring (bicyclic) bond motifs is 4. The van der Waals surface area contributed by atoms with Crippen molar-refractivity contribution in [2.45, 2.75) is 26.6 Å². The van der Waals surface area contributed by atoms with Crippen LogP contribution in [0.2, 0.25) is 5.15 Å². The highest BCUT2D eigenvalue weighted by atomic mass is 35.5. The molecule has 0 aliphatic rings. The molecule has 8 nitrogen and oxygen atoms in total. The van der Waals surface area contributed by atoms with Gasteiger partial charge in [-0.15, -0.1) is 0 Å². The summed E-state index contributed by atoms with van der Waals surface area (Å²) < 4.78 is 16.8. The van der Waals surface area contributed by atoms with E-state index in [1.165, 1.54) is 0 Å². The minimum absolute atomic E-state index is 0.167. The first kappa shape index (κ1) is 22.1. The van der Waals surface area contributed by atoms with Gasteiger partial charge in [-0.2, -0.15) is 0 Å². The number of carbonyl (C=O) groups excluding carboxylic acids is 1. The predicted octanol–water partition coefficient (Wildman–Crippen LogP) is 5.82. The molecule has 0 aliphatic carbocycles. The fourth-order valence-electron chi connectivity index (χ4n) is 3.87. The Balaban J connectivity index is 1.62. The smallest absolute Gasteiger partial charge is 0.357 e. The number of esters is 1. The molecule has 5 aromatic rings. The summed E-state index contributed by atoms with van der Waals surface area (Å²) in [5, 5.41) is 1.81. The number of nitrogens with one attached hydrogen (secondary N) is 1. The largest absolute Gasteiger partial charge is 0.458 e. The highest BCUT2D eigenvalue weighted by Crippen LogP contribution is 2.35. The second-order valence-corrected chi connectivity index (χ2v) is 8.36. The summed E-state index contributed by atoms with van der Waals surface area (Å²) in [6.45, 7) is 3.78.